The first kappa shape index (κ1) is 14.8. The summed E-state index contributed by atoms with van der Waals surface area (Å²) in [5.74, 6) is 0.905. The Bertz CT molecular complexity index is 303. The van der Waals surface area contributed by atoms with Crippen LogP contribution in [0.25, 0.3) is 0 Å². The lowest BCUT2D eigenvalue weighted by molar-refractivity contribution is -0.124. The molecule has 4 nitrogen and oxygen atoms in total. The Labute approximate surface area is 116 Å². The summed E-state index contributed by atoms with van der Waals surface area (Å²) in [7, 11) is 1.74. The fraction of sp³-hybridized carbons (Fsp3) is 0.933. The summed E-state index contributed by atoms with van der Waals surface area (Å²) in [4.78, 5) is 12.2. The summed E-state index contributed by atoms with van der Waals surface area (Å²) in [6.07, 6.45) is 6.91. The average molecular weight is 268 g/mol. The monoisotopic (exact) mass is 268 g/mol. The number of hydrogen-bond acceptors (Lipinski definition) is 3. The van der Waals surface area contributed by atoms with Crippen LogP contribution in [0.4, 0.5) is 0 Å². The number of piperidine rings is 1. The minimum Gasteiger partial charge on any atom is -0.385 e. The number of methoxy groups -OCH3 is 1. The molecule has 110 valence electrons. The molecule has 1 aliphatic heterocycles. The third kappa shape index (κ3) is 4.18. The lowest BCUT2D eigenvalue weighted by Crippen LogP contribution is -2.49. The van der Waals surface area contributed by atoms with Crippen LogP contribution in [0.2, 0.25) is 0 Å². The Balaban J connectivity index is 1.72. The van der Waals surface area contributed by atoms with Crippen LogP contribution in [0.3, 0.4) is 0 Å². The summed E-state index contributed by atoms with van der Waals surface area (Å²) in [6.45, 7) is 4.82. The maximum absolute atomic E-state index is 12.2. The Kier molecular flexibility index (Phi) is 5.22. The molecule has 0 aromatic carbocycles. The molecule has 0 radical (unpaired) electrons. The first-order chi connectivity index (χ1) is 9.19. The van der Waals surface area contributed by atoms with Crippen molar-refractivity contribution in [2.75, 3.05) is 26.8 Å². The van der Waals surface area contributed by atoms with Crippen LogP contribution in [0.15, 0.2) is 0 Å². The van der Waals surface area contributed by atoms with Gasteiger partial charge >= 0.3 is 0 Å². The van der Waals surface area contributed by atoms with Gasteiger partial charge in [0.05, 0.1) is 6.04 Å². The molecular formula is C15H28N2O2. The van der Waals surface area contributed by atoms with Crippen LogP contribution in [0.1, 0.15) is 45.4 Å². The van der Waals surface area contributed by atoms with E-state index in [-0.39, 0.29) is 11.9 Å². The SMILES string of the molecule is CCC1CCNC(C(=O)NCC2(CCOC)CC2)C1. The van der Waals surface area contributed by atoms with Gasteiger partial charge in [-0.3, -0.25) is 4.79 Å². The molecule has 2 rings (SSSR count). The molecule has 1 saturated heterocycles. The van der Waals surface area contributed by atoms with Crippen molar-refractivity contribution < 1.29 is 9.53 Å². The molecule has 1 amide bonds. The van der Waals surface area contributed by atoms with Gasteiger partial charge in [-0.2, -0.15) is 0 Å². The van der Waals surface area contributed by atoms with Crippen LogP contribution in [-0.2, 0) is 9.53 Å². The van der Waals surface area contributed by atoms with Crippen molar-refractivity contribution in [2.24, 2.45) is 11.3 Å². The zero-order valence-corrected chi connectivity index (χ0v) is 12.3. The molecule has 19 heavy (non-hydrogen) atoms. The van der Waals surface area contributed by atoms with Crippen molar-refractivity contribution in [3.8, 4) is 0 Å². The second-order valence-corrected chi connectivity index (χ2v) is 6.27. The lowest BCUT2D eigenvalue weighted by atomic mass is 9.90. The Hall–Kier alpha value is -0.610. The fourth-order valence-electron chi connectivity index (χ4n) is 2.98. The van der Waals surface area contributed by atoms with Crippen LogP contribution in [0.5, 0.6) is 0 Å². The highest BCUT2D eigenvalue weighted by atomic mass is 16.5. The first-order valence-electron chi connectivity index (χ1n) is 7.69. The molecule has 0 aromatic heterocycles. The number of carbonyl (C=O) groups excluding carboxylic acids is 1. The Morgan fingerprint density at radius 3 is 2.89 bits per heavy atom. The molecule has 2 N–H and O–H groups in total. The summed E-state index contributed by atoms with van der Waals surface area (Å²) in [6, 6.07) is 0.0249. The molecular weight excluding hydrogens is 240 g/mol. The molecule has 2 aliphatic rings. The Morgan fingerprint density at radius 2 is 2.26 bits per heavy atom. The molecule has 0 aromatic rings. The normalized spacial score (nSPS) is 28.9. The number of nitrogens with one attached hydrogen (secondary N) is 2. The van der Waals surface area contributed by atoms with Crippen molar-refractivity contribution in [2.45, 2.75) is 51.5 Å². The third-order valence-corrected chi connectivity index (χ3v) is 4.84. The van der Waals surface area contributed by atoms with Crippen LogP contribution in [-0.4, -0.2) is 38.8 Å². The molecule has 1 aliphatic carbocycles. The zero-order chi connectivity index (χ0) is 13.7. The fourth-order valence-corrected chi connectivity index (χ4v) is 2.98. The van der Waals surface area contributed by atoms with Crippen molar-refractivity contribution in [3.63, 3.8) is 0 Å². The van der Waals surface area contributed by atoms with E-state index in [4.69, 9.17) is 4.74 Å². The number of rotatable bonds is 7. The van der Waals surface area contributed by atoms with Gasteiger partial charge in [0.2, 0.25) is 5.91 Å². The molecule has 2 fully saturated rings. The summed E-state index contributed by atoms with van der Waals surface area (Å²) < 4.78 is 5.14. The highest BCUT2D eigenvalue weighted by molar-refractivity contribution is 5.81. The Morgan fingerprint density at radius 1 is 1.47 bits per heavy atom. The molecule has 2 atom stereocenters. The van der Waals surface area contributed by atoms with E-state index in [9.17, 15) is 4.79 Å². The standard InChI is InChI=1S/C15H28N2O2/c1-3-12-4-8-16-13(10-12)14(18)17-11-15(5-6-15)7-9-19-2/h12-13,16H,3-11H2,1-2H3,(H,17,18). The van der Waals surface area contributed by atoms with E-state index in [1.165, 1.54) is 25.7 Å². The minimum absolute atomic E-state index is 0.0249. The molecule has 0 bridgehead atoms. The number of ether oxygens (including phenoxy) is 1. The number of amides is 1. The van der Waals surface area contributed by atoms with Gasteiger partial charge in [0.1, 0.15) is 0 Å². The molecule has 4 heteroatoms. The molecule has 0 spiro atoms. The predicted octanol–water partition coefficient (Wildman–Crippen LogP) is 1.70. The second-order valence-electron chi connectivity index (χ2n) is 6.27. The zero-order valence-electron chi connectivity index (χ0n) is 12.3. The van der Waals surface area contributed by atoms with E-state index in [1.54, 1.807) is 7.11 Å². The highest BCUT2D eigenvalue weighted by Gasteiger charge is 2.42. The largest absolute Gasteiger partial charge is 0.385 e. The minimum atomic E-state index is 0.0249. The maximum Gasteiger partial charge on any atom is 0.237 e. The van der Waals surface area contributed by atoms with Gasteiger partial charge in [0.25, 0.3) is 0 Å². The smallest absolute Gasteiger partial charge is 0.237 e. The van der Waals surface area contributed by atoms with E-state index in [1.807, 2.05) is 0 Å². The third-order valence-electron chi connectivity index (χ3n) is 4.84. The highest BCUT2D eigenvalue weighted by Crippen LogP contribution is 2.48. The lowest BCUT2D eigenvalue weighted by Gasteiger charge is -2.29. The number of carbonyl (C=O) groups is 1. The van der Waals surface area contributed by atoms with E-state index in [2.05, 4.69) is 17.6 Å². The van der Waals surface area contributed by atoms with Crippen molar-refractivity contribution in [1.29, 1.82) is 0 Å². The van der Waals surface area contributed by atoms with Crippen LogP contribution in [0, 0.1) is 11.3 Å². The molecule has 1 saturated carbocycles. The molecule has 1 heterocycles. The van der Waals surface area contributed by atoms with Gasteiger partial charge in [-0.05, 0) is 50.0 Å². The van der Waals surface area contributed by atoms with E-state index < -0.39 is 0 Å². The van der Waals surface area contributed by atoms with Gasteiger partial charge in [0.15, 0.2) is 0 Å². The van der Waals surface area contributed by atoms with Crippen LogP contribution < -0.4 is 10.6 Å². The quantitative estimate of drug-likeness (QED) is 0.739. The maximum atomic E-state index is 12.2. The van der Waals surface area contributed by atoms with Crippen LogP contribution >= 0.6 is 0 Å². The van der Waals surface area contributed by atoms with Crippen molar-refractivity contribution >= 4 is 5.91 Å². The van der Waals surface area contributed by atoms with Gasteiger partial charge in [0, 0.05) is 20.3 Å². The van der Waals surface area contributed by atoms with Gasteiger partial charge in [-0.25, -0.2) is 0 Å². The van der Waals surface area contributed by atoms with Gasteiger partial charge in [-0.1, -0.05) is 13.3 Å². The topological polar surface area (TPSA) is 50.4 Å². The predicted molar refractivity (Wildman–Crippen MR) is 76.0 cm³/mol. The average Bonchev–Trinajstić information content (AvgIpc) is 3.23. The second kappa shape index (κ2) is 6.71. The van der Waals surface area contributed by atoms with Crippen molar-refractivity contribution in [1.82, 2.24) is 10.6 Å². The summed E-state index contributed by atoms with van der Waals surface area (Å²) in [5, 5.41) is 6.50. The molecule has 2 unspecified atom stereocenters. The van der Waals surface area contributed by atoms with Crippen molar-refractivity contribution in [3.05, 3.63) is 0 Å². The van der Waals surface area contributed by atoms with E-state index in [0.717, 1.165) is 32.5 Å². The van der Waals surface area contributed by atoms with E-state index >= 15 is 0 Å². The van der Waals surface area contributed by atoms with Gasteiger partial charge < -0.3 is 15.4 Å². The summed E-state index contributed by atoms with van der Waals surface area (Å²) >= 11 is 0. The van der Waals surface area contributed by atoms with Gasteiger partial charge in [-0.15, -0.1) is 0 Å². The number of hydrogen-bond donors (Lipinski definition) is 2. The first-order valence-corrected chi connectivity index (χ1v) is 7.69. The van der Waals surface area contributed by atoms with E-state index in [0.29, 0.717) is 11.3 Å². The summed E-state index contributed by atoms with van der Waals surface area (Å²) in [5.41, 5.74) is 0.338.